The molecule has 1 aliphatic carbocycles. The number of carbonyl (C=O) groups is 1. The normalized spacial score (nSPS) is 26.9. The molecule has 1 amide bonds. The molecule has 1 saturated carbocycles. The minimum atomic E-state index is 0.0856. The number of rotatable bonds is 6. The van der Waals surface area contributed by atoms with Crippen LogP contribution in [0.25, 0.3) is 0 Å². The molecule has 19 heavy (non-hydrogen) atoms. The van der Waals surface area contributed by atoms with Crippen molar-refractivity contribution in [1.82, 2.24) is 10.2 Å². The molecule has 1 N–H and O–H groups in total. The summed E-state index contributed by atoms with van der Waals surface area (Å²) in [6.07, 6.45) is 10.9. The van der Waals surface area contributed by atoms with Gasteiger partial charge in [0.15, 0.2) is 0 Å². The number of nitrogens with one attached hydrogen (secondary N) is 1. The molecule has 0 aromatic carbocycles. The molecule has 1 saturated heterocycles. The molecule has 1 heterocycles. The van der Waals surface area contributed by atoms with Gasteiger partial charge in [-0.05, 0) is 38.5 Å². The highest BCUT2D eigenvalue weighted by molar-refractivity contribution is 8.00. The van der Waals surface area contributed by atoms with E-state index in [0.29, 0.717) is 10.7 Å². The average Bonchev–Trinajstić information content (AvgIpc) is 2.78. The Labute approximate surface area is 121 Å². The van der Waals surface area contributed by atoms with E-state index in [9.17, 15) is 4.79 Å². The number of hydrogen-bond acceptors (Lipinski definition) is 3. The molecule has 0 spiro atoms. The monoisotopic (exact) mass is 284 g/mol. The lowest BCUT2D eigenvalue weighted by atomic mass is 9.88. The van der Waals surface area contributed by atoms with Gasteiger partial charge in [-0.25, -0.2) is 0 Å². The zero-order valence-electron chi connectivity index (χ0n) is 12.4. The highest BCUT2D eigenvalue weighted by atomic mass is 32.2. The van der Waals surface area contributed by atoms with Gasteiger partial charge in [0.05, 0.1) is 6.04 Å². The number of amides is 1. The molecule has 110 valence electrons. The smallest absolute Gasteiger partial charge is 0.239 e. The number of thioether (sulfide) groups is 1. The summed E-state index contributed by atoms with van der Waals surface area (Å²) in [4.78, 5) is 14.5. The van der Waals surface area contributed by atoms with Gasteiger partial charge in [-0.3, -0.25) is 4.79 Å². The van der Waals surface area contributed by atoms with E-state index < -0.39 is 0 Å². The van der Waals surface area contributed by atoms with Crippen molar-refractivity contribution in [1.29, 1.82) is 0 Å². The van der Waals surface area contributed by atoms with E-state index in [2.05, 4.69) is 23.4 Å². The maximum absolute atomic E-state index is 12.4. The highest BCUT2D eigenvalue weighted by Crippen LogP contribution is 2.39. The number of likely N-dealkylation sites (tertiary alicyclic amines) is 1. The van der Waals surface area contributed by atoms with Crippen LogP contribution in [0.15, 0.2) is 0 Å². The van der Waals surface area contributed by atoms with Crippen molar-refractivity contribution in [2.24, 2.45) is 0 Å². The third-order valence-corrected chi connectivity index (χ3v) is 6.02. The van der Waals surface area contributed by atoms with Crippen LogP contribution in [0.3, 0.4) is 0 Å². The second-order valence-corrected chi connectivity index (χ2v) is 7.28. The Morgan fingerprint density at radius 2 is 2.11 bits per heavy atom. The van der Waals surface area contributed by atoms with E-state index in [4.69, 9.17) is 0 Å². The molecule has 1 atom stereocenters. The van der Waals surface area contributed by atoms with Gasteiger partial charge in [-0.15, -0.1) is 0 Å². The van der Waals surface area contributed by atoms with Gasteiger partial charge >= 0.3 is 0 Å². The third kappa shape index (κ3) is 3.66. The molecule has 2 fully saturated rings. The summed E-state index contributed by atoms with van der Waals surface area (Å²) >= 11 is 1.99. The Kier molecular flexibility index (Phi) is 5.58. The molecule has 4 heteroatoms. The van der Waals surface area contributed by atoms with Crippen LogP contribution in [0.1, 0.15) is 51.9 Å². The fourth-order valence-electron chi connectivity index (χ4n) is 3.37. The van der Waals surface area contributed by atoms with Crippen molar-refractivity contribution in [2.75, 3.05) is 25.9 Å². The topological polar surface area (TPSA) is 32.3 Å². The zero-order valence-corrected chi connectivity index (χ0v) is 13.2. The van der Waals surface area contributed by atoms with Gasteiger partial charge in [0.1, 0.15) is 0 Å². The van der Waals surface area contributed by atoms with Gasteiger partial charge in [0.25, 0.3) is 0 Å². The third-order valence-electron chi connectivity index (χ3n) is 4.62. The summed E-state index contributed by atoms with van der Waals surface area (Å²) in [6.45, 7) is 5.02. The van der Waals surface area contributed by atoms with E-state index in [1.54, 1.807) is 0 Å². The summed E-state index contributed by atoms with van der Waals surface area (Å²) in [7, 11) is 0. The van der Waals surface area contributed by atoms with Crippen LogP contribution >= 0.6 is 11.8 Å². The predicted octanol–water partition coefficient (Wildman–Crippen LogP) is 2.65. The molecular weight excluding hydrogens is 256 g/mol. The van der Waals surface area contributed by atoms with Crippen LogP contribution in [0.5, 0.6) is 0 Å². The van der Waals surface area contributed by atoms with Gasteiger partial charge in [0.2, 0.25) is 5.91 Å². The van der Waals surface area contributed by atoms with E-state index in [0.717, 1.165) is 32.5 Å². The fraction of sp³-hybridized carbons (Fsp3) is 0.933. The minimum Gasteiger partial charge on any atom is -0.340 e. The Morgan fingerprint density at radius 1 is 1.37 bits per heavy atom. The van der Waals surface area contributed by atoms with Crippen molar-refractivity contribution < 1.29 is 4.79 Å². The molecule has 2 rings (SSSR count). The maximum Gasteiger partial charge on any atom is 0.239 e. The van der Waals surface area contributed by atoms with E-state index in [1.165, 1.54) is 32.1 Å². The maximum atomic E-state index is 12.4. The van der Waals surface area contributed by atoms with Crippen LogP contribution < -0.4 is 5.32 Å². The standard InChI is InChI=1S/C15H28N2OS/c1-3-10-16-13-7-11-17(14(13)18)12-15(19-2)8-5-4-6-9-15/h13,16H,3-12H2,1-2H3. The molecule has 0 bridgehead atoms. The molecule has 0 radical (unpaired) electrons. The number of carbonyl (C=O) groups excluding carboxylic acids is 1. The van der Waals surface area contributed by atoms with Crippen molar-refractivity contribution in [3.8, 4) is 0 Å². The van der Waals surface area contributed by atoms with E-state index in [-0.39, 0.29) is 6.04 Å². The SMILES string of the molecule is CCCNC1CCN(CC2(SC)CCCCC2)C1=O. The van der Waals surface area contributed by atoms with Crippen molar-refractivity contribution in [2.45, 2.75) is 62.7 Å². The summed E-state index contributed by atoms with van der Waals surface area (Å²) in [6, 6.07) is 0.0856. The van der Waals surface area contributed by atoms with Crippen LogP contribution in [0.4, 0.5) is 0 Å². The van der Waals surface area contributed by atoms with Gasteiger partial charge in [-0.2, -0.15) is 11.8 Å². The van der Waals surface area contributed by atoms with Gasteiger partial charge in [0, 0.05) is 17.8 Å². The van der Waals surface area contributed by atoms with Gasteiger partial charge in [-0.1, -0.05) is 26.2 Å². The Balaban J connectivity index is 1.90. The van der Waals surface area contributed by atoms with Crippen LogP contribution in [-0.4, -0.2) is 47.5 Å². The second-order valence-electron chi connectivity index (χ2n) is 6.00. The molecule has 1 aliphatic heterocycles. The Bertz CT molecular complexity index is 303. The van der Waals surface area contributed by atoms with Crippen molar-refractivity contribution in [3.63, 3.8) is 0 Å². The molecule has 0 aromatic rings. The van der Waals surface area contributed by atoms with Crippen molar-refractivity contribution in [3.05, 3.63) is 0 Å². The zero-order chi connectivity index (χ0) is 13.7. The fourth-order valence-corrected chi connectivity index (χ4v) is 4.36. The van der Waals surface area contributed by atoms with Gasteiger partial charge < -0.3 is 10.2 Å². The molecule has 1 unspecified atom stereocenters. The van der Waals surface area contributed by atoms with Crippen molar-refractivity contribution >= 4 is 17.7 Å². The molecule has 3 nitrogen and oxygen atoms in total. The van der Waals surface area contributed by atoms with E-state index >= 15 is 0 Å². The molecule has 2 aliphatic rings. The lowest BCUT2D eigenvalue weighted by molar-refractivity contribution is -0.129. The largest absolute Gasteiger partial charge is 0.340 e. The summed E-state index contributed by atoms with van der Waals surface area (Å²) in [5.41, 5.74) is 0. The summed E-state index contributed by atoms with van der Waals surface area (Å²) in [5.74, 6) is 0.340. The Morgan fingerprint density at radius 3 is 2.74 bits per heavy atom. The molecule has 0 aromatic heterocycles. The number of hydrogen-bond donors (Lipinski definition) is 1. The van der Waals surface area contributed by atoms with Crippen LogP contribution in [0.2, 0.25) is 0 Å². The lowest BCUT2D eigenvalue weighted by Gasteiger charge is -2.38. The first-order valence-corrected chi connectivity index (χ1v) is 9.00. The van der Waals surface area contributed by atoms with Crippen LogP contribution in [0, 0.1) is 0 Å². The second kappa shape index (κ2) is 6.98. The quantitative estimate of drug-likeness (QED) is 0.814. The first kappa shape index (κ1) is 15.2. The molecular formula is C15H28N2OS. The Hall–Kier alpha value is -0.220. The lowest BCUT2D eigenvalue weighted by Crippen LogP contribution is -2.45. The summed E-state index contributed by atoms with van der Waals surface area (Å²) < 4.78 is 0.341. The highest BCUT2D eigenvalue weighted by Gasteiger charge is 2.38. The first-order valence-electron chi connectivity index (χ1n) is 7.78. The minimum absolute atomic E-state index is 0.0856. The first-order chi connectivity index (χ1) is 9.21. The number of nitrogens with zero attached hydrogens (tertiary/aromatic N) is 1. The van der Waals surface area contributed by atoms with Crippen LogP contribution in [-0.2, 0) is 4.79 Å². The van der Waals surface area contributed by atoms with E-state index in [1.807, 2.05) is 11.8 Å². The average molecular weight is 284 g/mol. The summed E-state index contributed by atoms with van der Waals surface area (Å²) in [5, 5.41) is 3.38. The predicted molar refractivity (Wildman–Crippen MR) is 82.6 cm³/mol.